The fourth-order valence-electron chi connectivity index (χ4n) is 1.46. The zero-order chi connectivity index (χ0) is 12.2. The molecular formula is C11H18N2O3. The van der Waals surface area contributed by atoms with E-state index in [9.17, 15) is 4.79 Å². The largest absolute Gasteiger partial charge is 0.412 e. The van der Waals surface area contributed by atoms with E-state index in [0.717, 1.165) is 12.8 Å². The lowest BCUT2D eigenvalue weighted by Crippen LogP contribution is -2.35. The van der Waals surface area contributed by atoms with Crippen LogP contribution in [0.25, 0.3) is 0 Å². The van der Waals surface area contributed by atoms with E-state index in [1.165, 1.54) is 0 Å². The van der Waals surface area contributed by atoms with Crippen LogP contribution in [0.2, 0.25) is 0 Å². The van der Waals surface area contributed by atoms with Crippen molar-refractivity contribution >= 4 is 6.09 Å². The minimum absolute atomic E-state index is 0.465. The summed E-state index contributed by atoms with van der Waals surface area (Å²) in [6.45, 7) is 6.82. The van der Waals surface area contributed by atoms with Crippen LogP contribution < -0.4 is 0 Å². The summed E-state index contributed by atoms with van der Waals surface area (Å²) in [5, 5.41) is 8.81. The highest BCUT2D eigenvalue weighted by Crippen LogP contribution is 2.14. The lowest BCUT2D eigenvalue weighted by molar-refractivity contribution is -0.139. The normalized spacial score (nSPS) is 18.0. The van der Waals surface area contributed by atoms with E-state index >= 15 is 0 Å². The molecule has 90 valence electrons. The van der Waals surface area contributed by atoms with Crippen molar-refractivity contribution in [3.8, 4) is 6.07 Å². The van der Waals surface area contributed by atoms with Crippen molar-refractivity contribution in [2.45, 2.75) is 45.5 Å². The molecule has 16 heavy (non-hydrogen) atoms. The van der Waals surface area contributed by atoms with Crippen LogP contribution in [0.4, 0.5) is 4.79 Å². The number of likely N-dealkylation sites (tertiary alicyclic amines) is 1. The van der Waals surface area contributed by atoms with Gasteiger partial charge in [0.05, 0.1) is 5.60 Å². The molecule has 0 spiro atoms. The highest BCUT2D eigenvalue weighted by molar-refractivity contribution is 5.68. The van der Waals surface area contributed by atoms with E-state index in [1.54, 1.807) is 25.7 Å². The highest BCUT2D eigenvalue weighted by Gasteiger charge is 2.26. The van der Waals surface area contributed by atoms with Gasteiger partial charge in [0.25, 0.3) is 6.29 Å². The fourth-order valence-corrected chi connectivity index (χ4v) is 1.46. The van der Waals surface area contributed by atoms with Gasteiger partial charge in [0, 0.05) is 13.1 Å². The molecule has 0 N–H and O–H groups in total. The topological polar surface area (TPSA) is 62.6 Å². The van der Waals surface area contributed by atoms with Crippen molar-refractivity contribution in [3.05, 3.63) is 0 Å². The molecule has 1 atom stereocenters. The fraction of sp³-hybridized carbons (Fsp3) is 0.818. The van der Waals surface area contributed by atoms with E-state index in [0.29, 0.717) is 13.1 Å². The molecule has 0 radical (unpaired) electrons. The SMILES string of the molecule is CC(C)(C)OC(C#N)OC(=O)N1CCCC1. The van der Waals surface area contributed by atoms with Gasteiger partial charge in [-0.1, -0.05) is 0 Å². The first-order valence-corrected chi connectivity index (χ1v) is 5.45. The zero-order valence-electron chi connectivity index (χ0n) is 10.0. The molecule has 0 aliphatic carbocycles. The number of nitrogens with zero attached hydrogens (tertiary/aromatic N) is 2. The summed E-state index contributed by atoms with van der Waals surface area (Å²) in [5.41, 5.74) is -0.508. The van der Waals surface area contributed by atoms with Crippen LogP contribution in [0.15, 0.2) is 0 Å². The second-order valence-electron chi connectivity index (χ2n) is 4.77. The minimum atomic E-state index is -1.13. The molecule has 1 aliphatic rings. The van der Waals surface area contributed by atoms with Gasteiger partial charge in [-0.2, -0.15) is 5.26 Å². The first kappa shape index (κ1) is 12.8. The Kier molecular flexibility index (Phi) is 4.13. The third-order valence-electron chi connectivity index (χ3n) is 2.14. The van der Waals surface area contributed by atoms with Crippen LogP contribution in [-0.4, -0.2) is 36.0 Å². The molecule has 0 saturated carbocycles. The lowest BCUT2D eigenvalue weighted by Gasteiger charge is -2.24. The summed E-state index contributed by atoms with van der Waals surface area (Å²) in [6, 6.07) is 1.82. The molecule has 0 aromatic carbocycles. The van der Waals surface area contributed by atoms with Crippen molar-refractivity contribution < 1.29 is 14.3 Å². The summed E-state index contributed by atoms with van der Waals surface area (Å²) in [4.78, 5) is 13.2. The smallest absolute Gasteiger partial charge is 0.405 e. The van der Waals surface area contributed by atoms with Gasteiger partial charge in [0.2, 0.25) is 0 Å². The monoisotopic (exact) mass is 226 g/mol. The maximum Gasteiger partial charge on any atom is 0.412 e. The molecular weight excluding hydrogens is 208 g/mol. The molecule has 1 unspecified atom stereocenters. The quantitative estimate of drug-likeness (QED) is 0.674. The van der Waals surface area contributed by atoms with E-state index < -0.39 is 18.0 Å². The molecule has 5 nitrogen and oxygen atoms in total. The Bertz CT molecular complexity index is 285. The van der Waals surface area contributed by atoms with E-state index in [2.05, 4.69) is 0 Å². The highest BCUT2D eigenvalue weighted by atomic mass is 16.7. The van der Waals surface area contributed by atoms with Crippen molar-refractivity contribution in [3.63, 3.8) is 0 Å². The average Bonchev–Trinajstić information content (AvgIpc) is 2.67. The second kappa shape index (κ2) is 5.17. The third-order valence-corrected chi connectivity index (χ3v) is 2.14. The number of carbonyl (C=O) groups is 1. The molecule has 1 aliphatic heterocycles. The van der Waals surface area contributed by atoms with Crippen LogP contribution in [-0.2, 0) is 9.47 Å². The number of hydrogen-bond donors (Lipinski definition) is 0. The summed E-state index contributed by atoms with van der Waals surface area (Å²) in [6.07, 6.45) is 0.389. The molecule has 0 bridgehead atoms. The summed E-state index contributed by atoms with van der Waals surface area (Å²) >= 11 is 0. The maximum absolute atomic E-state index is 11.6. The van der Waals surface area contributed by atoms with Gasteiger partial charge in [0.15, 0.2) is 0 Å². The molecule has 1 heterocycles. The van der Waals surface area contributed by atoms with Crippen LogP contribution >= 0.6 is 0 Å². The van der Waals surface area contributed by atoms with E-state index in [1.807, 2.05) is 6.07 Å². The van der Waals surface area contributed by atoms with Crippen molar-refractivity contribution in [2.24, 2.45) is 0 Å². The Balaban J connectivity index is 2.44. The van der Waals surface area contributed by atoms with Crippen LogP contribution in [0.1, 0.15) is 33.6 Å². The van der Waals surface area contributed by atoms with Gasteiger partial charge < -0.3 is 14.4 Å². The van der Waals surface area contributed by atoms with Gasteiger partial charge in [-0.05, 0) is 33.6 Å². The molecule has 0 aromatic rings. The molecule has 5 heteroatoms. The number of nitriles is 1. The number of amides is 1. The van der Waals surface area contributed by atoms with Gasteiger partial charge in [-0.3, -0.25) is 0 Å². The number of ether oxygens (including phenoxy) is 2. The van der Waals surface area contributed by atoms with Crippen LogP contribution in [0.5, 0.6) is 0 Å². The van der Waals surface area contributed by atoms with Crippen molar-refractivity contribution in [2.75, 3.05) is 13.1 Å². The predicted octanol–water partition coefficient (Wildman–Crippen LogP) is 1.88. The minimum Gasteiger partial charge on any atom is -0.405 e. The van der Waals surface area contributed by atoms with E-state index in [4.69, 9.17) is 14.7 Å². The Morgan fingerprint density at radius 2 is 1.94 bits per heavy atom. The molecule has 1 amide bonds. The first-order valence-electron chi connectivity index (χ1n) is 5.45. The number of carbonyl (C=O) groups excluding carboxylic acids is 1. The summed E-state index contributed by atoms with van der Waals surface area (Å²) in [7, 11) is 0. The van der Waals surface area contributed by atoms with Gasteiger partial charge >= 0.3 is 6.09 Å². The summed E-state index contributed by atoms with van der Waals surface area (Å²) in [5.74, 6) is 0. The Morgan fingerprint density at radius 1 is 1.38 bits per heavy atom. The van der Waals surface area contributed by atoms with Gasteiger partial charge in [-0.15, -0.1) is 0 Å². The summed E-state index contributed by atoms with van der Waals surface area (Å²) < 4.78 is 10.2. The zero-order valence-corrected chi connectivity index (χ0v) is 10.0. The van der Waals surface area contributed by atoms with Crippen LogP contribution in [0, 0.1) is 11.3 Å². The second-order valence-corrected chi connectivity index (χ2v) is 4.77. The Morgan fingerprint density at radius 3 is 2.38 bits per heavy atom. The molecule has 1 fully saturated rings. The number of hydrogen-bond acceptors (Lipinski definition) is 4. The standard InChI is InChI=1S/C11H18N2O3/c1-11(2,3)16-9(8-12)15-10(14)13-6-4-5-7-13/h9H,4-7H2,1-3H3. The molecule has 1 rings (SSSR count). The predicted molar refractivity (Wildman–Crippen MR) is 57.5 cm³/mol. The molecule has 0 aromatic heterocycles. The van der Waals surface area contributed by atoms with E-state index in [-0.39, 0.29) is 0 Å². The van der Waals surface area contributed by atoms with Gasteiger partial charge in [0.1, 0.15) is 6.07 Å². The Labute approximate surface area is 95.9 Å². The van der Waals surface area contributed by atoms with Gasteiger partial charge in [-0.25, -0.2) is 4.79 Å². The first-order chi connectivity index (χ1) is 7.42. The van der Waals surface area contributed by atoms with Crippen molar-refractivity contribution in [1.82, 2.24) is 4.90 Å². The maximum atomic E-state index is 11.6. The number of rotatable bonds is 2. The Hall–Kier alpha value is -1.28. The van der Waals surface area contributed by atoms with Crippen LogP contribution in [0.3, 0.4) is 0 Å². The average molecular weight is 226 g/mol. The molecule has 1 saturated heterocycles. The third kappa shape index (κ3) is 4.07. The lowest BCUT2D eigenvalue weighted by atomic mass is 10.2. The van der Waals surface area contributed by atoms with Crippen molar-refractivity contribution in [1.29, 1.82) is 5.26 Å².